The Bertz CT molecular complexity index is 561. The lowest BCUT2D eigenvalue weighted by molar-refractivity contribution is 0.453. The van der Waals surface area contributed by atoms with E-state index in [9.17, 15) is 8.42 Å². The Morgan fingerprint density at radius 3 is 2.60 bits per heavy atom. The zero-order valence-electron chi connectivity index (χ0n) is 11.9. The van der Waals surface area contributed by atoms with Crippen LogP contribution in [0.15, 0.2) is 23.2 Å². The van der Waals surface area contributed by atoms with Gasteiger partial charge in [-0.25, -0.2) is 13.4 Å². The second-order valence-electron chi connectivity index (χ2n) is 5.18. The molecule has 0 atom stereocenters. The number of hydrogen-bond acceptors (Lipinski definition) is 6. The van der Waals surface area contributed by atoms with Gasteiger partial charge in [0.15, 0.2) is 9.84 Å². The molecule has 0 spiro atoms. The van der Waals surface area contributed by atoms with Gasteiger partial charge in [-0.05, 0) is 31.2 Å². The summed E-state index contributed by atoms with van der Waals surface area (Å²) in [6.45, 7) is 2.23. The average molecular weight is 315 g/mol. The second-order valence-corrected chi connectivity index (χ2v) is 8.43. The van der Waals surface area contributed by atoms with Crippen LogP contribution in [0.25, 0.3) is 0 Å². The van der Waals surface area contributed by atoms with Crippen LogP contribution in [0.3, 0.4) is 0 Å². The summed E-state index contributed by atoms with van der Waals surface area (Å²) in [7, 11) is -3.26. The molecule has 2 rings (SSSR count). The number of nitrogens with two attached hydrogens (primary N) is 1. The minimum absolute atomic E-state index is 0.122. The van der Waals surface area contributed by atoms with Crippen LogP contribution in [-0.2, 0) is 9.84 Å². The van der Waals surface area contributed by atoms with E-state index in [1.54, 1.807) is 18.3 Å². The average Bonchev–Trinajstić information content (AvgIpc) is 2.46. The Morgan fingerprint density at radius 1 is 1.45 bits per heavy atom. The van der Waals surface area contributed by atoms with Crippen LogP contribution in [0.4, 0.5) is 5.82 Å². The van der Waals surface area contributed by atoms with Crippen molar-refractivity contribution in [3.05, 3.63) is 18.3 Å². The molecule has 0 radical (unpaired) electrons. The monoisotopic (exact) mass is 315 g/mol. The third-order valence-electron chi connectivity index (χ3n) is 3.93. The van der Waals surface area contributed by atoms with Gasteiger partial charge < -0.3 is 10.6 Å². The maximum Gasteiger partial charge on any atom is 0.179 e. The molecule has 1 aromatic rings. The summed E-state index contributed by atoms with van der Waals surface area (Å²) in [4.78, 5) is 6.64. The van der Waals surface area contributed by atoms with Crippen molar-refractivity contribution in [2.45, 2.75) is 22.5 Å². The Morgan fingerprint density at radius 2 is 2.10 bits per heavy atom. The zero-order valence-corrected chi connectivity index (χ0v) is 13.5. The first kappa shape index (κ1) is 15.6. The maximum atomic E-state index is 11.8. The minimum atomic E-state index is -3.26. The molecule has 0 saturated carbocycles. The number of pyridine rings is 1. The lowest BCUT2D eigenvalue weighted by Gasteiger charge is -2.40. The third-order valence-corrected chi connectivity index (χ3v) is 6.49. The summed E-state index contributed by atoms with van der Waals surface area (Å²) < 4.78 is 23.8. The molecule has 2 N–H and O–H groups in total. The van der Waals surface area contributed by atoms with E-state index >= 15 is 0 Å². The molecule has 0 unspecified atom stereocenters. The summed E-state index contributed by atoms with van der Waals surface area (Å²) in [5, 5.41) is 0. The fourth-order valence-electron chi connectivity index (χ4n) is 2.53. The molecule has 1 aliphatic rings. The highest BCUT2D eigenvalue weighted by Gasteiger charge is 2.34. The Hall–Kier alpha value is -0.790. The SMILES string of the molecule is CSC1(CN)CCN(c2ncccc2S(C)(=O)=O)CC1. The summed E-state index contributed by atoms with van der Waals surface area (Å²) >= 11 is 1.81. The van der Waals surface area contributed by atoms with Crippen molar-refractivity contribution in [1.82, 2.24) is 4.98 Å². The molecule has 1 aromatic heterocycles. The molecule has 112 valence electrons. The van der Waals surface area contributed by atoms with Crippen molar-refractivity contribution in [2.24, 2.45) is 5.73 Å². The fraction of sp³-hybridized carbons (Fsp3) is 0.615. The van der Waals surface area contributed by atoms with Crippen LogP contribution in [-0.4, -0.2) is 50.3 Å². The predicted octanol–water partition coefficient (Wildman–Crippen LogP) is 1.15. The highest BCUT2D eigenvalue weighted by Crippen LogP contribution is 2.35. The molecule has 1 aliphatic heterocycles. The third kappa shape index (κ3) is 3.10. The van der Waals surface area contributed by atoms with Gasteiger partial charge in [0.05, 0.1) is 0 Å². The standard InChI is InChI=1S/C13H21N3O2S2/c1-19-13(10-14)5-8-16(9-6-13)12-11(20(2,17)18)4-3-7-15-12/h3-4,7H,5-6,8-10,14H2,1-2H3. The lowest BCUT2D eigenvalue weighted by atomic mass is 9.96. The fourth-order valence-corrected chi connectivity index (χ4v) is 4.12. The molecule has 0 amide bonds. The quantitative estimate of drug-likeness (QED) is 0.898. The molecule has 20 heavy (non-hydrogen) atoms. The Kier molecular flexibility index (Phi) is 4.61. The van der Waals surface area contributed by atoms with Crippen molar-refractivity contribution < 1.29 is 8.42 Å². The number of sulfone groups is 1. The van der Waals surface area contributed by atoms with Gasteiger partial charge in [0.1, 0.15) is 10.7 Å². The van der Waals surface area contributed by atoms with Gasteiger partial charge >= 0.3 is 0 Å². The van der Waals surface area contributed by atoms with E-state index < -0.39 is 9.84 Å². The van der Waals surface area contributed by atoms with E-state index in [4.69, 9.17) is 5.73 Å². The number of aromatic nitrogens is 1. The number of rotatable bonds is 4. The summed E-state index contributed by atoms with van der Waals surface area (Å²) in [6.07, 6.45) is 6.85. The first-order chi connectivity index (χ1) is 9.42. The molecular formula is C13H21N3O2S2. The van der Waals surface area contributed by atoms with Gasteiger partial charge in [0.25, 0.3) is 0 Å². The minimum Gasteiger partial charge on any atom is -0.355 e. The lowest BCUT2D eigenvalue weighted by Crippen LogP contribution is -2.47. The van der Waals surface area contributed by atoms with Crippen molar-refractivity contribution >= 4 is 27.4 Å². The molecule has 0 aromatic carbocycles. The number of hydrogen-bond donors (Lipinski definition) is 1. The maximum absolute atomic E-state index is 11.8. The molecule has 5 nitrogen and oxygen atoms in total. The largest absolute Gasteiger partial charge is 0.355 e. The highest BCUT2D eigenvalue weighted by molar-refractivity contribution is 8.00. The van der Waals surface area contributed by atoms with E-state index in [1.165, 1.54) is 6.26 Å². The molecule has 7 heteroatoms. The normalized spacial score (nSPS) is 19.1. The second kappa shape index (κ2) is 5.91. The van der Waals surface area contributed by atoms with E-state index in [1.807, 2.05) is 11.8 Å². The van der Waals surface area contributed by atoms with Gasteiger partial charge in [0, 0.05) is 36.8 Å². The van der Waals surface area contributed by atoms with E-state index in [-0.39, 0.29) is 4.75 Å². The predicted molar refractivity (Wildman–Crippen MR) is 84.1 cm³/mol. The van der Waals surface area contributed by atoms with Crippen molar-refractivity contribution in [3.8, 4) is 0 Å². The van der Waals surface area contributed by atoms with Gasteiger partial charge in [-0.15, -0.1) is 0 Å². The van der Waals surface area contributed by atoms with Crippen molar-refractivity contribution in [1.29, 1.82) is 0 Å². The molecule has 0 aliphatic carbocycles. The van der Waals surface area contributed by atoms with Crippen LogP contribution in [0.2, 0.25) is 0 Å². The van der Waals surface area contributed by atoms with Gasteiger partial charge in [0.2, 0.25) is 0 Å². The number of nitrogens with zero attached hydrogens (tertiary/aromatic N) is 2. The molecule has 1 fully saturated rings. The van der Waals surface area contributed by atoms with Crippen LogP contribution in [0, 0.1) is 0 Å². The molecule has 0 bridgehead atoms. The first-order valence-corrected chi connectivity index (χ1v) is 9.69. The van der Waals surface area contributed by atoms with Crippen LogP contribution >= 0.6 is 11.8 Å². The summed E-state index contributed by atoms with van der Waals surface area (Å²) in [5.74, 6) is 0.571. The Balaban J connectivity index is 2.24. The summed E-state index contributed by atoms with van der Waals surface area (Å²) in [6, 6.07) is 3.28. The van der Waals surface area contributed by atoms with Crippen molar-refractivity contribution in [3.63, 3.8) is 0 Å². The summed E-state index contributed by atoms with van der Waals surface area (Å²) in [5.41, 5.74) is 5.88. The van der Waals surface area contributed by atoms with Crippen LogP contribution in [0.5, 0.6) is 0 Å². The highest BCUT2D eigenvalue weighted by atomic mass is 32.2. The number of piperidine rings is 1. The van der Waals surface area contributed by atoms with Crippen LogP contribution in [0.1, 0.15) is 12.8 Å². The topological polar surface area (TPSA) is 76.3 Å². The molecule has 1 saturated heterocycles. The zero-order chi connectivity index (χ0) is 14.8. The van der Waals surface area contributed by atoms with E-state index in [0.29, 0.717) is 17.3 Å². The number of anilines is 1. The van der Waals surface area contributed by atoms with Gasteiger partial charge in [-0.3, -0.25) is 0 Å². The molecule has 2 heterocycles. The van der Waals surface area contributed by atoms with Crippen LogP contribution < -0.4 is 10.6 Å². The van der Waals surface area contributed by atoms with Gasteiger partial charge in [-0.1, -0.05) is 0 Å². The van der Waals surface area contributed by atoms with E-state index in [2.05, 4.69) is 16.1 Å². The van der Waals surface area contributed by atoms with Crippen molar-refractivity contribution in [2.75, 3.05) is 37.0 Å². The number of thioether (sulfide) groups is 1. The first-order valence-electron chi connectivity index (χ1n) is 6.57. The Labute approximate surface area is 124 Å². The van der Waals surface area contributed by atoms with E-state index in [0.717, 1.165) is 25.9 Å². The van der Waals surface area contributed by atoms with Gasteiger partial charge in [-0.2, -0.15) is 11.8 Å². The smallest absolute Gasteiger partial charge is 0.179 e. The molecular weight excluding hydrogens is 294 g/mol.